The van der Waals surface area contributed by atoms with Crippen molar-refractivity contribution in [2.45, 2.75) is 249 Å². The molecule has 0 aromatic heterocycles. The molecular weight excluding hydrogens is 1140 g/mol. The van der Waals surface area contributed by atoms with E-state index >= 15 is 9.90 Å². The number of aryl methyl sites for hydroxylation is 1. The van der Waals surface area contributed by atoms with Gasteiger partial charge in [0, 0.05) is 70.3 Å². The highest BCUT2D eigenvalue weighted by atomic mass is 16.6. The van der Waals surface area contributed by atoms with Crippen LogP contribution in [0.2, 0.25) is 0 Å². The molecule has 11 nitrogen and oxygen atoms in total. The second-order valence-electron chi connectivity index (χ2n) is 36.3. The number of benzene rings is 1. The zero-order valence-electron chi connectivity index (χ0n) is 56.0. The first kappa shape index (κ1) is 61.7. The van der Waals surface area contributed by atoms with Crippen molar-refractivity contribution in [2.75, 3.05) is 26.4 Å². The van der Waals surface area contributed by atoms with Gasteiger partial charge in [-0.05, 0) is 246 Å². The van der Waals surface area contributed by atoms with Crippen molar-refractivity contribution in [1.82, 2.24) is 5.32 Å². The molecule has 4 bridgehead atoms. The summed E-state index contributed by atoms with van der Waals surface area (Å²) in [4.78, 5) is 30.9. The van der Waals surface area contributed by atoms with Crippen LogP contribution in [0.4, 0.5) is 0 Å². The van der Waals surface area contributed by atoms with Crippen LogP contribution in [0.3, 0.4) is 0 Å². The fraction of sp³-hybridized carbons (Fsp3) is 0.753. The van der Waals surface area contributed by atoms with E-state index in [4.69, 9.17) is 15.2 Å². The van der Waals surface area contributed by atoms with Gasteiger partial charge in [-0.15, -0.1) is 0 Å². The molecule has 18 rings (SSSR count). The number of hydrogen-bond acceptors (Lipinski definition) is 11. The Morgan fingerprint density at radius 1 is 0.870 bits per heavy atom. The van der Waals surface area contributed by atoms with Crippen molar-refractivity contribution in [3.8, 4) is 11.8 Å². The highest BCUT2D eigenvalue weighted by Gasteiger charge is 2.87. The van der Waals surface area contributed by atoms with Gasteiger partial charge in [-0.1, -0.05) is 112 Å². The number of ketones is 1. The molecule has 0 radical (unpaired) electrons. The molecule has 22 unspecified atom stereocenters. The molecule has 14 aliphatic carbocycles. The van der Waals surface area contributed by atoms with E-state index in [0.29, 0.717) is 83.2 Å². The number of rotatable bonds is 11. The predicted octanol–water partition coefficient (Wildman–Crippen LogP) is 12.2. The summed E-state index contributed by atoms with van der Waals surface area (Å²) in [6.07, 6.45) is 39.8. The maximum atomic E-state index is 17.1. The number of dihydropyridines is 1. The third-order valence-corrected chi connectivity index (χ3v) is 32.6. The summed E-state index contributed by atoms with van der Waals surface area (Å²) in [5.74, 6) is 7.51. The van der Waals surface area contributed by atoms with Gasteiger partial charge in [0.25, 0.3) is 0 Å². The van der Waals surface area contributed by atoms with E-state index in [-0.39, 0.29) is 76.2 Å². The first-order chi connectivity index (χ1) is 44.1. The third-order valence-electron chi connectivity index (χ3n) is 32.6. The summed E-state index contributed by atoms with van der Waals surface area (Å²) in [5, 5.41) is 69.6. The van der Waals surface area contributed by atoms with E-state index in [2.05, 4.69) is 79.6 Å². The minimum atomic E-state index is -1.46. The van der Waals surface area contributed by atoms with Crippen molar-refractivity contribution >= 4 is 12.1 Å². The maximum absolute atomic E-state index is 17.1. The lowest BCUT2D eigenvalue weighted by atomic mass is 9.29. The van der Waals surface area contributed by atoms with Gasteiger partial charge in [0.2, 0.25) is 0 Å². The maximum Gasteiger partial charge on any atom is 0.160 e. The number of aliphatic hydroxyl groups is 5. The Morgan fingerprint density at radius 3 is 2.37 bits per heavy atom. The van der Waals surface area contributed by atoms with Gasteiger partial charge in [0.15, 0.2) is 5.78 Å². The summed E-state index contributed by atoms with van der Waals surface area (Å²) in [5.41, 5.74) is 3.73. The fourth-order valence-corrected chi connectivity index (χ4v) is 28.6. The second kappa shape index (κ2) is 20.6. The number of nitrogens with two attached hydrogens (primary N) is 1. The Morgan fingerprint density at radius 2 is 1.63 bits per heavy atom. The number of aliphatic hydroxyl groups excluding tert-OH is 3. The minimum Gasteiger partial charge on any atom is -0.396 e. The standard InChI is InChI=1S/C81H108N2O9/c1-51-22-35-91-79(38-51,68-67(92-68)71(4,89)69(2,49-85)27-18-52-21-34-83-64(82)36-52)62-20-29-81(90)59-37-60(87)66-58-19-28-76-42-57(77(50-86)40-53(45-84)39-75(77)33-31-73(47-75)25-9-10-26-73)43-78(66)65(59)56(41-70(62,81)3)17-16-55-13-6-5-12-54(55)14-11-15-63(80(76,78)44-61(58)88)74(48-76)32-30-72(46-74)23-7-8-24-72/h5-6,12-13,19,21,28,36-37,42,45,51,53,56,58,61-63,65-68,83,85-86,88-90H,7-10,14,16-18,20,22-27,29-35,38-41,43-44,46-50,82H2,1-4H3. The molecule has 8 N–H and O–H groups in total. The Bertz CT molecular complexity index is 3460. The van der Waals surface area contributed by atoms with Gasteiger partial charge >= 0.3 is 0 Å². The molecular formula is C81H108N2O9. The number of aldehydes is 1. The van der Waals surface area contributed by atoms with Crippen molar-refractivity contribution in [1.29, 1.82) is 0 Å². The number of carbonyl (C=O) groups excluding carboxylic acids is 2. The topological polar surface area (TPSA) is 195 Å². The number of hydrogen-bond donors (Lipinski definition) is 7. The molecule has 6 spiro atoms. The summed E-state index contributed by atoms with van der Waals surface area (Å²) >= 11 is 0. The zero-order chi connectivity index (χ0) is 63.5. The molecule has 11 heteroatoms. The molecule has 17 aliphatic rings. The van der Waals surface area contributed by atoms with Crippen LogP contribution in [-0.2, 0) is 31.9 Å². The highest BCUT2D eigenvalue weighted by Crippen LogP contribution is 2.90. The number of fused-ring (bicyclic) bond motifs is 5. The SMILES string of the molecule is CC1CCOC(C2OC2C(C)(O)C(C)(CO)CCC2=CCNC(N)=C2)(C2CCC3(O)C4=CC(=O)C5C6C=CC78C=C(C9(CO)CC(C=O)CC9%10CCC9(CCCC9)C%10)CC59C4C(CCc4ccccc4CC#CC(C4(CCC5(CCCC5)C4)C7)C89CC6O)CC23C)C1. The lowest BCUT2D eigenvalue weighted by molar-refractivity contribution is -0.238. The average Bonchev–Trinajstić information content (AvgIpc) is 1.37. The molecule has 0 amide bonds. The highest BCUT2D eigenvalue weighted by molar-refractivity contribution is 5.96. The van der Waals surface area contributed by atoms with Crippen LogP contribution < -0.4 is 11.1 Å². The van der Waals surface area contributed by atoms with Crippen molar-refractivity contribution in [3.05, 3.63) is 94.4 Å². The van der Waals surface area contributed by atoms with Crippen molar-refractivity contribution < 1.29 is 44.6 Å². The van der Waals surface area contributed by atoms with Gasteiger partial charge < -0.3 is 50.9 Å². The van der Waals surface area contributed by atoms with Crippen LogP contribution >= 0.6 is 0 Å². The van der Waals surface area contributed by atoms with Gasteiger partial charge in [-0.3, -0.25) is 4.79 Å². The number of epoxide rings is 1. The van der Waals surface area contributed by atoms with E-state index < -0.39 is 79.4 Å². The van der Waals surface area contributed by atoms with Gasteiger partial charge in [0.1, 0.15) is 24.1 Å². The molecule has 9 saturated carbocycles. The molecule has 22 atom stereocenters. The minimum absolute atomic E-state index is 0.0197. The summed E-state index contributed by atoms with van der Waals surface area (Å²) in [6, 6.07) is 9.00. The predicted molar refractivity (Wildman–Crippen MR) is 353 cm³/mol. The molecule has 496 valence electrons. The number of allylic oxidation sites excluding steroid dienone is 5. The van der Waals surface area contributed by atoms with E-state index in [1.807, 2.05) is 26.0 Å². The van der Waals surface area contributed by atoms with Crippen molar-refractivity contribution in [2.24, 2.45) is 107 Å². The quantitative estimate of drug-likeness (QED) is 0.0482. The second-order valence-corrected chi connectivity index (χ2v) is 36.3. The van der Waals surface area contributed by atoms with E-state index in [1.165, 1.54) is 80.8 Å². The van der Waals surface area contributed by atoms with Gasteiger partial charge in [-0.2, -0.15) is 0 Å². The lowest BCUT2D eigenvalue weighted by Crippen LogP contribution is -2.73. The van der Waals surface area contributed by atoms with Gasteiger partial charge in [-0.25, -0.2) is 0 Å². The van der Waals surface area contributed by atoms with Crippen molar-refractivity contribution in [3.63, 3.8) is 0 Å². The van der Waals surface area contributed by atoms with Crippen LogP contribution in [0.15, 0.2) is 83.3 Å². The fourth-order valence-electron chi connectivity index (χ4n) is 28.6. The molecule has 3 heterocycles. The van der Waals surface area contributed by atoms with Crippen LogP contribution in [0.1, 0.15) is 212 Å². The van der Waals surface area contributed by atoms with E-state index in [0.717, 1.165) is 75.4 Å². The Balaban J connectivity index is 0.862. The normalized spacial score (nSPS) is 49.0. The Kier molecular flexibility index (Phi) is 13.8. The van der Waals surface area contributed by atoms with Crippen LogP contribution in [0.5, 0.6) is 0 Å². The average molecular weight is 1250 g/mol. The Labute approximate surface area is 548 Å². The molecule has 3 aliphatic heterocycles. The number of ether oxygens (including phenoxy) is 2. The van der Waals surface area contributed by atoms with Crippen LogP contribution in [0.25, 0.3) is 0 Å². The van der Waals surface area contributed by atoms with Crippen LogP contribution in [-0.4, -0.2) is 99.1 Å². The first-order valence-corrected chi connectivity index (χ1v) is 37.3. The summed E-state index contributed by atoms with van der Waals surface area (Å²) in [7, 11) is 0. The monoisotopic (exact) mass is 1250 g/mol. The smallest absolute Gasteiger partial charge is 0.160 e. The first-order valence-electron chi connectivity index (χ1n) is 37.3. The molecule has 1 aromatic carbocycles. The zero-order valence-corrected chi connectivity index (χ0v) is 56.0. The molecule has 1 aromatic rings. The number of carbonyl (C=O) groups is 2. The van der Waals surface area contributed by atoms with E-state index in [9.17, 15) is 25.2 Å². The molecule has 11 fully saturated rings. The molecule has 2 saturated heterocycles. The van der Waals surface area contributed by atoms with Crippen LogP contribution in [0, 0.1) is 113 Å². The Hall–Kier alpha value is -3.86. The summed E-state index contributed by atoms with van der Waals surface area (Å²) < 4.78 is 14.6. The lowest BCUT2D eigenvalue weighted by Gasteiger charge is -2.74. The molecule has 92 heavy (non-hydrogen) atoms. The summed E-state index contributed by atoms with van der Waals surface area (Å²) in [6.45, 7) is 9.44. The number of nitrogens with one attached hydrogen (secondary N) is 1. The largest absolute Gasteiger partial charge is 0.396 e. The third kappa shape index (κ3) is 7.90. The van der Waals surface area contributed by atoms with E-state index in [1.54, 1.807) is 0 Å². The van der Waals surface area contributed by atoms with Gasteiger partial charge in [0.05, 0.1) is 36.3 Å².